The van der Waals surface area contributed by atoms with Crippen LogP contribution in [0.15, 0.2) is 53.4 Å². The number of nitrogens with zero attached hydrogens (tertiary/aromatic N) is 1. The zero-order valence-electron chi connectivity index (χ0n) is 19.0. The lowest BCUT2D eigenvalue weighted by atomic mass is 9.95. The molecule has 1 saturated carbocycles. The first-order valence-corrected chi connectivity index (χ1v) is 12.5. The quantitative estimate of drug-likeness (QED) is 0.508. The number of carbonyl (C=O) groups is 2. The van der Waals surface area contributed by atoms with Crippen molar-refractivity contribution in [3.05, 3.63) is 65.5 Å². The van der Waals surface area contributed by atoms with Crippen LogP contribution >= 0.6 is 11.8 Å². The fraction of sp³-hybridized carbons (Fsp3) is 0.462. The van der Waals surface area contributed by atoms with Gasteiger partial charge in [0, 0.05) is 17.5 Å². The topological polar surface area (TPSA) is 49.4 Å². The Morgan fingerprint density at radius 3 is 2.34 bits per heavy atom. The first-order valence-electron chi connectivity index (χ1n) is 11.5. The molecule has 1 aliphatic rings. The van der Waals surface area contributed by atoms with Gasteiger partial charge in [0.15, 0.2) is 0 Å². The van der Waals surface area contributed by atoms with Gasteiger partial charge in [0.05, 0.1) is 5.75 Å². The molecule has 2 amide bonds. The maximum atomic E-state index is 13.4. The second-order valence-electron chi connectivity index (χ2n) is 8.52. The monoisotopic (exact) mass is 456 g/mol. The molecule has 0 heterocycles. The van der Waals surface area contributed by atoms with Gasteiger partial charge in [-0.3, -0.25) is 9.59 Å². The predicted octanol–water partition coefficient (Wildman–Crippen LogP) is 5.48. The lowest BCUT2D eigenvalue weighted by Gasteiger charge is -2.32. The van der Waals surface area contributed by atoms with Crippen molar-refractivity contribution in [1.82, 2.24) is 10.2 Å². The van der Waals surface area contributed by atoms with E-state index in [1.165, 1.54) is 35.9 Å². The van der Waals surface area contributed by atoms with Crippen LogP contribution in [-0.4, -0.2) is 34.6 Å². The largest absolute Gasteiger partial charge is 0.352 e. The molecule has 0 unspecified atom stereocenters. The molecule has 6 heteroatoms. The van der Waals surface area contributed by atoms with Gasteiger partial charge in [-0.2, -0.15) is 0 Å². The Morgan fingerprint density at radius 1 is 1.06 bits per heavy atom. The zero-order chi connectivity index (χ0) is 22.9. The Labute approximate surface area is 195 Å². The fourth-order valence-corrected chi connectivity index (χ4v) is 4.90. The van der Waals surface area contributed by atoms with Gasteiger partial charge in [-0.1, -0.05) is 56.0 Å². The molecule has 2 aromatic carbocycles. The Bertz CT molecular complexity index is 880. The Balaban J connectivity index is 1.73. The highest BCUT2D eigenvalue weighted by Crippen LogP contribution is 2.22. The molecule has 0 radical (unpaired) electrons. The van der Waals surface area contributed by atoms with Crippen molar-refractivity contribution < 1.29 is 14.0 Å². The number of hydrogen-bond donors (Lipinski definition) is 1. The molecular formula is C26H33FN2O2S. The number of aryl methyl sites for hydroxylation is 1. The molecule has 0 spiro atoms. The number of rotatable bonds is 9. The Hall–Kier alpha value is -2.34. The second-order valence-corrected chi connectivity index (χ2v) is 9.57. The number of carbonyl (C=O) groups excluding carboxylic acids is 2. The SMILES string of the molecule is CC[C@H](C(=O)NC1CCCCC1)N(Cc1ccc(F)cc1)C(=O)CSc1ccc(C)cc1. The molecule has 1 fully saturated rings. The van der Waals surface area contributed by atoms with Gasteiger partial charge in [0.1, 0.15) is 11.9 Å². The van der Waals surface area contributed by atoms with Crippen molar-refractivity contribution in [1.29, 1.82) is 0 Å². The smallest absolute Gasteiger partial charge is 0.243 e. The summed E-state index contributed by atoms with van der Waals surface area (Å²) in [4.78, 5) is 29.2. The lowest BCUT2D eigenvalue weighted by Crippen LogP contribution is -2.52. The van der Waals surface area contributed by atoms with Gasteiger partial charge in [-0.25, -0.2) is 4.39 Å². The van der Waals surface area contributed by atoms with E-state index in [2.05, 4.69) is 5.32 Å². The van der Waals surface area contributed by atoms with Crippen molar-refractivity contribution in [2.24, 2.45) is 0 Å². The van der Waals surface area contributed by atoms with Gasteiger partial charge in [0.2, 0.25) is 11.8 Å². The van der Waals surface area contributed by atoms with Crippen LogP contribution < -0.4 is 5.32 Å². The summed E-state index contributed by atoms with van der Waals surface area (Å²) in [5.41, 5.74) is 1.98. The standard InChI is InChI=1S/C26H33FN2O2S/c1-3-24(26(31)28-22-7-5-4-6-8-22)29(17-20-11-13-21(27)14-12-20)25(30)18-32-23-15-9-19(2)10-16-23/h9-16,22,24H,3-8,17-18H2,1-2H3,(H,28,31)/t24-/m1/s1. The maximum absolute atomic E-state index is 13.4. The average molecular weight is 457 g/mol. The average Bonchev–Trinajstić information content (AvgIpc) is 2.80. The van der Waals surface area contributed by atoms with Gasteiger partial charge in [0.25, 0.3) is 0 Å². The van der Waals surface area contributed by atoms with E-state index >= 15 is 0 Å². The zero-order valence-corrected chi connectivity index (χ0v) is 19.8. The number of thioether (sulfide) groups is 1. The number of hydrogen-bond acceptors (Lipinski definition) is 3. The van der Waals surface area contributed by atoms with E-state index in [9.17, 15) is 14.0 Å². The van der Waals surface area contributed by atoms with E-state index in [0.717, 1.165) is 36.1 Å². The highest BCUT2D eigenvalue weighted by atomic mass is 32.2. The van der Waals surface area contributed by atoms with Crippen molar-refractivity contribution in [3.63, 3.8) is 0 Å². The van der Waals surface area contributed by atoms with E-state index in [1.807, 2.05) is 38.1 Å². The summed E-state index contributed by atoms with van der Waals surface area (Å²) in [6.07, 6.45) is 6.00. The van der Waals surface area contributed by atoms with E-state index in [4.69, 9.17) is 0 Å². The summed E-state index contributed by atoms with van der Waals surface area (Å²) in [7, 11) is 0. The molecule has 32 heavy (non-hydrogen) atoms. The molecule has 0 aromatic heterocycles. The summed E-state index contributed by atoms with van der Waals surface area (Å²) >= 11 is 1.47. The molecule has 0 saturated heterocycles. The predicted molar refractivity (Wildman–Crippen MR) is 128 cm³/mol. The van der Waals surface area contributed by atoms with Crippen molar-refractivity contribution in [3.8, 4) is 0 Å². The number of benzene rings is 2. The van der Waals surface area contributed by atoms with Crippen LogP contribution in [0.4, 0.5) is 4.39 Å². The highest BCUT2D eigenvalue weighted by molar-refractivity contribution is 8.00. The maximum Gasteiger partial charge on any atom is 0.243 e. The minimum atomic E-state index is -0.548. The van der Waals surface area contributed by atoms with E-state index in [1.54, 1.807) is 17.0 Å². The fourth-order valence-electron chi connectivity index (χ4n) is 4.11. The van der Waals surface area contributed by atoms with Crippen LogP contribution in [0, 0.1) is 12.7 Å². The second kappa shape index (κ2) is 12.0. The molecule has 3 rings (SSSR count). The minimum absolute atomic E-state index is 0.0878. The first kappa shape index (κ1) is 24.3. The number of halogens is 1. The summed E-state index contributed by atoms with van der Waals surface area (Å²) in [5.74, 6) is -0.248. The van der Waals surface area contributed by atoms with E-state index in [-0.39, 0.29) is 36.0 Å². The molecule has 1 aliphatic carbocycles. The van der Waals surface area contributed by atoms with Gasteiger partial charge in [-0.15, -0.1) is 11.8 Å². The van der Waals surface area contributed by atoms with Crippen molar-refractivity contribution in [2.45, 2.75) is 75.9 Å². The third-order valence-corrected chi connectivity index (χ3v) is 6.98. The lowest BCUT2D eigenvalue weighted by molar-refractivity contribution is -0.139. The van der Waals surface area contributed by atoms with Crippen molar-refractivity contribution in [2.75, 3.05) is 5.75 Å². The molecule has 4 nitrogen and oxygen atoms in total. The van der Waals surface area contributed by atoms with Crippen LogP contribution in [0.3, 0.4) is 0 Å². The molecule has 172 valence electrons. The molecule has 0 aliphatic heterocycles. The summed E-state index contributed by atoms with van der Waals surface area (Å²) in [6.45, 7) is 4.24. The summed E-state index contributed by atoms with van der Waals surface area (Å²) in [5, 5.41) is 3.18. The third kappa shape index (κ3) is 7.09. The van der Waals surface area contributed by atoms with Crippen LogP contribution in [0.2, 0.25) is 0 Å². The molecular weight excluding hydrogens is 423 g/mol. The van der Waals surface area contributed by atoms with Crippen molar-refractivity contribution >= 4 is 23.6 Å². The minimum Gasteiger partial charge on any atom is -0.352 e. The van der Waals surface area contributed by atoms with Crippen LogP contribution in [0.1, 0.15) is 56.6 Å². The third-order valence-electron chi connectivity index (χ3n) is 5.99. The molecule has 0 bridgehead atoms. The number of nitrogens with one attached hydrogen (secondary N) is 1. The highest BCUT2D eigenvalue weighted by Gasteiger charge is 2.30. The van der Waals surface area contributed by atoms with Crippen LogP contribution in [-0.2, 0) is 16.1 Å². The first-order chi connectivity index (χ1) is 15.5. The van der Waals surface area contributed by atoms with Crippen LogP contribution in [0.25, 0.3) is 0 Å². The van der Waals surface area contributed by atoms with Gasteiger partial charge < -0.3 is 10.2 Å². The van der Waals surface area contributed by atoms with Gasteiger partial charge in [-0.05, 0) is 56.0 Å². The van der Waals surface area contributed by atoms with E-state index < -0.39 is 6.04 Å². The number of amides is 2. The van der Waals surface area contributed by atoms with E-state index in [0.29, 0.717) is 6.42 Å². The Kier molecular flexibility index (Phi) is 9.15. The summed E-state index contributed by atoms with van der Waals surface area (Å²) < 4.78 is 13.4. The summed E-state index contributed by atoms with van der Waals surface area (Å²) in [6, 6.07) is 13.8. The normalized spacial score (nSPS) is 15.2. The molecule has 2 aromatic rings. The Morgan fingerprint density at radius 2 is 1.72 bits per heavy atom. The van der Waals surface area contributed by atoms with Gasteiger partial charge >= 0.3 is 0 Å². The van der Waals surface area contributed by atoms with Crippen LogP contribution in [0.5, 0.6) is 0 Å². The molecule has 1 N–H and O–H groups in total. The molecule has 1 atom stereocenters.